The van der Waals surface area contributed by atoms with E-state index >= 15 is 0 Å². The number of carbonyl (C=O) groups excluding carboxylic acids is 1. The zero-order valence-corrected chi connectivity index (χ0v) is 15.4. The van der Waals surface area contributed by atoms with Crippen LogP contribution in [0.2, 0.25) is 0 Å². The number of nitrogens with zero attached hydrogens (tertiary/aromatic N) is 2. The SMILES string of the molecule is CCNC(=NCc1cccc(OCC(C)C)c1)NCC(=O)N(C)C. The third-order valence-corrected chi connectivity index (χ3v) is 3.15. The molecule has 134 valence electrons. The highest BCUT2D eigenvalue weighted by atomic mass is 16.5. The quantitative estimate of drug-likeness (QED) is 0.563. The number of aliphatic imine (C=N–C) groups is 1. The molecule has 1 rings (SSSR count). The zero-order valence-electron chi connectivity index (χ0n) is 15.4. The van der Waals surface area contributed by atoms with Crippen molar-refractivity contribution >= 4 is 11.9 Å². The molecule has 0 aliphatic heterocycles. The van der Waals surface area contributed by atoms with Gasteiger partial charge in [0.1, 0.15) is 5.75 Å². The fourth-order valence-electron chi connectivity index (χ4n) is 1.83. The lowest BCUT2D eigenvalue weighted by Crippen LogP contribution is -2.42. The van der Waals surface area contributed by atoms with Gasteiger partial charge in [-0.2, -0.15) is 0 Å². The Labute approximate surface area is 145 Å². The number of nitrogens with one attached hydrogen (secondary N) is 2. The molecule has 6 heteroatoms. The molecule has 1 amide bonds. The fourth-order valence-corrected chi connectivity index (χ4v) is 1.83. The number of benzene rings is 1. The summed E-state index contributed by atoms with van der Waals surface area (Å²) in [6, 6.07) is 7.94. The summed E-state index contributed by atoms with van der Waals surface area (Å²) in [6.07, 6.45) is 0. The van der Waals surface area contributed by atoms with Gasteiger partial charge in [0.15, 0.2) is 5.96 Å². The maximum absolute atomic E-state index is 11.7. The summed E-state index contributed by atoms with van der Waals surface area (Å²) in [6.45, 7) is 8.41. The normalized spacial score (nSPS) is 11.3. The van der Waals surface area contributed by atoms with Crippen LogP contribution in [-0.2, 0) is 11.3 Å². The van der Waals surface area contributed by atoms with E-state index in [0.717, 1.165) is 17.9 Å². The van der Waals surface area contributed by atoms with E-state index < -0.39 is 0 Å². The molecule has 1 aromatic rings. The van der Waals surface area contributed by atoms with E-state index in [1.807, 2.05) is 31.2 Å². The standard InChI is InChI=1S/C18H30N4O2/c1-6-19-18(21-12-17(23)22(4)5)20-11-15-8-7-9-16(10-15)24-13-14(2)3/h7-10,14H,6,11-13H2,1-5H3,(H2,19,20,21). The number of amides is 1. The molecule has 0 aliphatic rings. The maximum Gasteiger partial charge on any atom is 0.241 e. The highest BCUT2D eigenvalue weighted by Crippen LogP contribution is 2.15. The summed E-state index contributed by atoms with van der Waals surface area (Å²) in [5.74, 6) is 1.98. The van der Waals surface area contributed by atoms with Gasteiger partial charge >= 0.3 is 0 Å². The van der Waals surface area contributed by atoms with Gasteiger partial charge in [-0.15, -0.1) is 0 Å². The highest BCUT2D eigenvalue weighted by Gasteiger charge is 2.05. The first-order valence-electron chi connectivity index (χ1n) is 8.36. The summed E-state index contributed by atoms with van der Waals surface area (Å²) in [5, 5.41) is 6.18. The minimum atomic E-state index is 0.00434. The average Bonchev–Trinajstić information content (AvgIpc) is 2.55. The summed E-state index contributed by atoms with van der Waals surface area (Å²) in [4.78, 5) is 17.7. The Morgan fingerprint density at radius 3 is 2.67 bits per heavy atom. The van der Waals surface area contributed by atoms with E-state index in [2.05, 4.69) is 29.5 Å². The minimum Gasteiger partial charge on any atom is -0.493 e. The van der Waals surface area contributed by atoms with Crippen LogP contribution in [0.1, 0.15) is 26.3 Å². The van der Waals surface area contributed by atoms with Gasteiger partial charge in [0.25, 0.3) is 0 Å². The van der Waals surface area contributed by atoms with Crippen molar-refractivity contribution in [2.45, 2.75) is 27.3 Å². The van der Waals surface area contributed by atoms with Crippen molar-refractivity contribution in [3.05, 3.63) is 29.8 Å². The Morgan fingerprint density at radius 2 is 2.04 bits per heavy atom. The first kappa shape index (κ1) is 19.8. The first-order valence-corrected chi connectivity index (χ1v) is 8.36. The first-order chi connectivity index (χ1) is 11.4. The van der Waals surface area contributed by atoms with E-state index in [9.17, 15) is 4.79 Å². The molecule has 0 heterocycles. The Bertz CT molecular complexity index is 542. The fraction of sp³-hybridized carbons (Fsp3) is 0.556. The van der Waals surface area contributed by atoms with Crippen LogP contribution in [-0.4, -0.2) is 50.6 Å². The molecule has 1 aromatic carbocycles. The number of likely N-dealkylation sites (N-methyl/N-ethyl adjacent to an activating group) is 1. The van der Waals surface area contributed by atoms with Crippen molar-refractivity contribution in [1.29, 1.82) is 0 Å². The van der Waals surface area contributed by atoms with Crippen LogP contribution in [0.5, 0.6) is 5.75 Å². The van der Waals surface area contributed by atoms with Gasteiger partial charge in [-0.1, -0.05) is 26.0 Å². The molecule has 0 radical (unpaired) electrons. The third-order valence-electron chi connectivity index (χ3n) is 3.15. The Morgan fingerprint density at radius 1 is 1.29 bits per heavy atom. The van der Waals surface area contributed by atoms with E-state index in [1.54, 1.807) is 19.0 Å². The lowest BCUT2D eigenvalue weighted by atomic mass is 10.2. The number of carbonyl (C=O) groups is 1. The lowest BCUT2D eigenvalue weighted by molar-refractivity contribution is -0.127. The van der Waals surface area contributed by atoms with Crippen LogP contribution in [0.15, 0.2) is 29.3 Å². The van der Waals surface area contributed by atoms with Gasteiger partial charge in [0.05, 0.1) is 19.7 Å². The third kappa shape index (κ3) is 7.85. The average molecular weight is 334 g/mol. The van der Waals surface area contributed by atoms with Gasteiger partial charge < -0.3 is 20.3 Å². The van der Waals surface area contributed by atoms with Crippen LogP contribution in [0.25, 0.3) is 0 Å². The number of hydrogen-bond donors (Lipinski definition) is 2. The number of ether oxygens (including phenoxy) is 1. The molecule has 0 atom stereocenters. The minimum absolute atomic E-state index is 0.00434. The summed E-state index contributed by atoms with van der Waals surface area (Å²) in [5.41, 5.74) is 1.06. The molecular weight excluding hydrogens is 304 g/mol. The predicted molar refractivity (Wildman–Crippen MR) is 98.3 cm³/mol. The molecule has 0 unspecified atom stereocenters. The topological polar surface area (TPSA) is 66.0 Å². The number of guanidine groups is 1. The smallest absolute Gasteiger partial charge is 0.241 e. The predicted octanol–water partition coefficient (Wildman–Crippen LogP) is 1.86. The largest absolute Gasteiger partial charge is 0.493 e. The van der Waals surface area contributed by atoms with Crippen LogP contribution >= 0.6 is 0 Å². The monoisotopic (exact) mass is 334 g/mol. The van der Waals surface area contributed by atoms with Crippen LogP contribution in [0, 0.1) is 5.92 Å². The van der Waals surface area contributed by atoms with Crippen LogP contribution < -0.4 is 15.4 Å². The van der Waals surface area contributed by atoms with Crippen LogP contribution in [0.4, 0.5) is 0 Å². The Balaban J connectivity index is 2.64. The molecule has 24 heavy (non-hydrogen) atoms. The van der Waals surface area contributed by atoms with Crippen molar-refractivity contribution in [3.8, 4) is 5.75 Å². The number of rotatable bonds is 8. The van der Waals surface area contributed by atoms with Gasteiger partial charge in [-0.3, -0.25) is 4.79 Å². The molecule has 0 fully saturated rings. The maximum atomic E-state index is 11.7. The molecule has 0 saturated heterocycles. The van der Waals surface area contributed by atoms with E-state index in [0.29, 0.717) is 25.0 Å². The highest BCUT2D eigenvalue weighted by molar-refractivity contribution is 5.86. The molecule has 0 bridgehead atoms. The van der Waals surface area contributed by atoms with Crippen molar-refractivity contribution in [2.24, 2.45) is 10.9 Å². The summed E-state index contributed by atoms with van der Waals surface area (Å²) < 4.78 is 5.74. The molecule has 0 aliphatic carbocycles. The van der Waals surface area contributed by atoms with Gasteiger partial charge in [0, 0.05) is 20.6 Å². The summed E-state index contributed by atoms with van der Waals surface area (Å²) >= 11 is 0. The van der Waals surface area contributed by atoms with Gasteiger partial charge in [-0.25, -0.2) is 4.99 Å². The molecule has 0 spiro atoms. The summed E-state index contributed by atoms with van der Waals surface area (Å²) in [7, 11) is 3.47. The molecule has 0 saturated carbocycles. The van der Waals surface area contributed by atoms with Crippen molar-refractivity contribution in [3.63, 3.8) is 0 Å². The van der Waals surface area contributed by atoms with Crippen molar-refractivity contribution in [1.82, 2.24) is 15.5 Å². The van der Waals surface area contributed by atoms with Crippen LogP contribution in [0.3, 0.4) is 0 Å². The molecule has 2 N–H and O–H groups in total. The second-order valence-electron chi connectivity index (χ2n) is 6.19. The van der Waals surface area contributed by atoms with E-state index in [4.69, 9.17) is 4.74 Å². The lowest BCUT2D eigenvalue weighted by Gasteiger charge is -2.14. The second kappa shape index (κ2) is 10.5. The second-order valence-corrected chi connectivity index (χ2v) is 6.19. The number of hydrogen-bond acceptors (Lipinski definition) is 3. The molecular formula is C18H30N4O2. The van der Waals surface area contributed by atoms with E-state index in [1.165, 1.54) is 0 Å². The van der Waals surface area contributed by atoms with Crippen molar-refractivity contribution < 1.29 is 9.53 Å². The van der Waals surface area contributed by atoms with Gasteiger partial charge in [-0.05, 0) is 30.5 Å². The molecule has 6 nitrogen and oxygen atoms in total. The van der Waals surface area contributed by atoms with Gasteiger partial charge in [0.2, 0.25) is 5.91 Å². The van der Waals surface area contributed by atoms with Crippen molar-refractivity contribution in [2.75, 3.05) is 33.8 Å². The Hall–Kier alpha value is -2.24. The van der Waals surface area contributed by atoms with E-state index in [-0.39, 0.29) is 12.5 Å². The Kier molecular flexibility index (Phi) is 8.68. The molecule has 0 aromatic heterocycles. The zero-order chi connectivity index (χ0) is 17.9.